The van der Waals surface area contributed by atoms with Crippen LogP contribution in [0.3, 0.4) is 0 Å². The van der Waals surface area contributed by atoms with Gasteiger partial charge in [-0.2, -0.15) is 0 Å². The zero-order valence-electron chi connectivity index (χ0n) is 16.2. The highest BCUT2D eigenvalue weighted by Gasteiger charge is 2.31. The van der Waals surface area contributed by atoms with Gasteiger partial charge in [0.05, 0.1) is 19.1 Å². The van der Waals surface area contributed by atoms with Gasteiger partial charge in [-0.1, -0.05) is 0 Å². The molecule has 0 spiro atoms. The van der Waals surface area contributed by atoms with Crippen LogP contribution in [0.25, 0.3) is 0 Å². The van der Waals surface area contributed by atoms with Crippen molar-refractivity contribution >= 4 is 5.91 Å². The molecule has 26 heavy (non-hydrogen) atoms. The van der Waals surface area contributed by atoms with Crippen LogP contribution in [-0.4, -0.2) is 77.7 Å². The summed E-state index contributed by atoms with van der Waals surface area (Å²) in [6, 6.07) is 0.613. The number of ether oxygens (including phenoxy) is 1. The molecule has 1 atom stereocenters. The van der Waals surface area contributed by atoms with Crippen molar-refractivity contribution in [2.45, 2.75) is 38.3 Å². The lowest BCUT2D eigenvalue weighted by Crippen LogP contribution is -2.50. The number of aromatic nitrogens is 2. The topological polar surface area (TPSA) is 62.6 Å². The minimum atomic E-state index is 0.131. The maximum Gasteiger partial charge on any atom is 0.224 e. The Bertz CT molecular complexity index is 568. The SMILES string of the molecule is COCCNC(=O)[C@H]1CCCN(C2CCN(Cc3nccn3C)CC2)C1. The summed E-state index contributed by atoms with van der Waals surface area (Å²) in [6.07, 6.45) is 8.37. The number of carbonyl (C=O) groups excluding carboxylic acids is 1. The number of nitrogens with one attached hydrogen (secondary N) is 1. The first-order valence-electron chi connectivity index (χ1n) is 9.86. The molecule has 0 aliphatic carbocycles. The van der Waals surface area contributed by atoms with Gasteiger partial charge in [-0.05, 0) is 32.2 Å². The van der Waals surface area contributed by atoms with Gasteiger partial charge >= 0.3 is 0 Å². The molecule has 0 unspecified atom stereocenters. The second-order valence-electron chi connectivity index (χ2n) is 7.58. The fourth-order valence-corrected chi connectivity index (χ4v) is 4.16. The van der Waals surface area contributed by atoms with E-state index < -0.39 is 0 Å². The Kier molecular flexibility index (Phi) is 7.05. The Labute approximate surface area is 156 Å². The van der Waals surface area contributed by atoms with Gasteiger partial charge in [0.1, 0.15) is 5.82 Å². The summed E-state index contributed by atoms with van der Waals surface area (Å²) in [5, 5.41) is 3.01. The first-order chi connectivity index (χ1) is 12.7. The molecule has 0 bridgehead atoms. The molecule has 7 nitrogen and oxygen atoms in total. The van der Waals surface area contributed by atoms with Crippen molar-refractivity contribution in [1.29, 1.82) is 0 Å². The number of piperidine rings is 2. The van der Waals surface area contributed by atoms with Crippen LogP contribution in [-0.2, 0) is 23.1 Å². The third-order valence-electron chi connectivity index (χ3n) is 5.79. The van der Waals surface area contributed by atoms with Crippen molar-refractivity contribution in [3.8, 4) is 0 Å². The number of carbonyl (C=O) groups is 1. The molecule has 0 radical (unpaired) electrons. The highest BCUT2D eigenvalue weighted by atomic mass is 16.5. The Hall–Kier alpha value is -1.44. The molecule has 3 heterocycles. The van der Waals surface area contributed by atoms with Gasteiger partial charge in [0.15, 0.2) is 0 Å². The fourth-order valence-electron chi connectivity index (χ4n) is 4.16. The van der Waals surface area contributed by atoms with Crippen LogP contribution in [0.15, 0.2) is 12.4 Å². The molecule has 2 fully saturated rings. The predicted molar refractivity (Wildman–Crippen MR) is 101 cm³/mol. The van der Waals surface area contributed by atoms with Crippen molar-refractivity contribution in [2.75, 3.05) is 46.4 Å². The van der Waals surface area contributed by atoms with Crippen LogP contribution in [0.2, 0.25) is 0 Å². The maximum atomic E-state index is 12.4. The van der Waals surface area contributed by atoms with Gasteiger partial charge in [0, 0.05) is 58.8 Å². The van der Waals surface area contributed by atoms with Gasteiger partial charge in [-0.25, -0.2) is 4.98 Å². The van der Waals surface area contributed by atoms with Gasteiger partial charge < -0.3 is 14.6 Å². The molecular formula is C19H33N5O2. The summed E-state index contributed by atoms with van der Waals surface area (Å²) in [6.45, 7) is 6.38. The van der Waals surface area contributed by atoms with E-state index in [0.717, 1.165) is 51.4 Å². The first kappa shape index (κ1) is 19.3. The van der Waals surface area contributed by atoms with E-state index in [9.17, 15) is 4.79 Å². The molecule has 1 aromatic rings. The zero-order chi connectivity index (χ0) is 18.4. The lowest BCUT2D eigenvalue weighted by atomic mass is 9.93. The maximum absolute atomic E-state index is 12.4. The molecule has 2 aliphatic rings. The van der Waals surface area contributed by atoms with Crippen molar-refractivity contribution in [1.82, 2.24) is 24.7 Å². The Morgan fingerprint density at radius 1 is 1.31 bits per heavy atom. The highest BCUT2D eigenvalue weighted by Crippen LogP contribution is 2.24. The molecular weight excluding hydrogens is 330 g/mol. The minimum absolute atomic E-state index is 0.131. The van der Waals surface area contributed by atoms with E-state index in [1.165, 1.54) is 12.8 Å². The minimum Gasteiger partial charge on any atom is -0.383 e. The highest BCUT2D eigenvalue weighted by molar-refractivity contribution is 5.78. The van der Waals surface area contributed by atoms with Gasteiger partial charge in [-0.3, -0.25) is 14.6 Å². The van der Waals surface area contributed by atoms with Crippen molar-refractivity contribution in [3.05, 3.63) is 18.2 Å². The number of aryl methyl sites for hydroxylation is 1. The van der Waals surface area contributed by atoms with Crippen LogP contribution < -0.4 is 5.32 Å². The number of rotatable bonds is 7. The van der Waals surface area contributed by atoms with Gasteiger partial charge in [0.25, 0.3) is 0 Å². The van der Waals surface area contributed by atoms with Gasteiger partial charge in [0.2, 0.25) is 5.91 Å². The molecule has 1 aromatic heterocycles. The molecule has 2 saturated heterocycles. The van der Waals surface area contributed by atoms with E-state index in [4.69, 9.17) is 4.74 Å². The van der Waals surface area contributed by atoms with E-state index >= 15 is 0 Å². The molecule has 1 N–H and O–H groups in total. The number of hydrogen-bond donors (Lipinski definition) is 1. The van der Waals surface area contributed by atoms with Crippen LogP contribution in [0.5, 0.6) is 0 Å². The Morgan fingerprint density at radius 3 is 2.81 bits per heavy atom. The summed E-state index contributed by atoms with van der Waals surface area (Å²) in [5.74, 6) is 1.46. The standard InChI is InChI=1S/C19H33N5O2/c1-22-12-7-20-18(22)15-23-10-5-17(6-11-23)24-9-3-4-16(14-24)19(25)21-8-13-26-2/h7,12,16-17H,3-6,8-11,13-15H2,1-2H3,(H,21,25)/t16-/m0/s1. The molecule has 0 aromatic carbocycles. The molecule has 146 valence electrons. The second kappa shape index (κ2) is 9.48. The van der Waals surface area contributed by atoms with Crippen LogP contribution in [0.1, 0.15) is 31.5 Å². The van der Waals surface area contributed by atoms with Crippen molar-refractivity contribution in [2.24, 2.45) is 13.0 Å². The number of hydrogen-bond acceptors (Lipinski definition) is 5. The summed E-state index contributed by atoms with van der Waals surface area (Å²) in [4.78, 5) is 21.8. The normalized spacial score (nSPS) is 23.2. The zero-order valence-corrected chi connectivity index (χ0v) is 16.2. The largest absolute Gasteiger partial charge is 0.383 e. The van der Waals surface area contributed by atoms with E-state index in [1.54, 1.807) is 7.11 Å². The molecule has 2 aliphatic heterocycles. The number of likely N-dealkylation sites (tertiary alicyclic amines) is 2. The summed E-state index contributed by atoms with van der Waals surface area (Å²) in [5.41, 5.74) is 0. The molecule has 1 amide bonds. The second-order valence-corrected chi connectivity index (χ2v) is 7.58. The number of amides is 1. The lowest BCUT2D eigenvalue weighted by molar-refractivity contribution is -0.127. The van der Waals surface area contributed by atoms with Crippen LogP contribution >= 0.6 is 0 Å². The molecule has 7 heteroatoms. The van der Waals surface area contributed by atoms with Crippen LogP contribution in [0, 0.1) is 5.92 Å². The third kappa shape index (κ3) is 5.05. The van der Waals surface area contributed by atoms with E-state index in [-0.39, 0.29) is 11.8 Å². The Balaban J connectivity index is 1.43. The van der Waals surface area contributed by atoms with E-state index in [0.29, 0.717) is 19.2 Å². The number of methoxy groups -OCH3 is 1. The monoisotopic (exact) mass is 363 g/mol. The van der Waals surface area contributed by atoms with E-state index in [2.05, 4.69) is 31.7 Å². The number of imidazole rings is 1. The smallest absolute Gasteiger partial charge is 0.224 e. The lowest BCUT2D eigenvalue weighted by Gasteiger charge is -2.42. The predicted octanol–water partition coefficient (Wildman–Crippen LogP) is 0.859. The molecule has 3 rings (SSSR count). The summed E-state index contributed by atoms with van der Waals surface area (Å²) in [7, 11) is 3.72. The first-order valence-corrected chi connectivity index (χ1v) is 9.86. The van der Waals surface area contributed by atoms with Crippen molar-refractivity contribution < 1.29 is 9.53 Å². The molecule has 0 saturated carbocycles. The fraction of sp³-hybridized carbons (Fsp3) is 0.789. The summed E-state index contributed by atoms with van der Waals surface area (Å²) >= 11 is 0. The van der Waals surface area contributed by atoms with Gasteiger partial charge in [-0.15, -0.1) is 0 Å². The summed E-state index contributed by atoms with van der Waals surface area (Å²) < 4.78 is 7.12. The average molecular weight is 364 g/mol. The quantitative estimate of drug-likeness (QED) is 0.728. The van der Waals surface area contributed by atoms with Crippen LogP contribution in [0.4, 0.5) is 0 Å². The average Bonchev–Trinajstić information content (AvgIpc) is 3.07. The van der Waals surface area contributed by atoms with E-state index in [1.807, 2.05) is 12.4 Å². The third-order valence-corrected chi connectivity index (χ3v) is 5.79. The van der Waals surface area contributed by atoms with Crippen molar-refractivity contribution in [3.63, 3.8) is 0 Å². The Morgan fingerprint density at radius 2 is 2.12 bits per heavy atom. The number of nitrogens with zero attached hydrogens (tertiary/aromatic N) is 4.